The van der Waals surface area contributed by atoms with Gasteiger partial charge in [0.25, 0.3) is 5.91 Å². The molecule has 2 N–H and O–H groups in total. The SMILES string of the molecule is COc1cc(CCc2cc(NC(=O)c3coc4ccccc34)n[nH]2)cc(OC)c1. The molecule has 0 bridgehead atoms. The van der Waals surface area contributed by atoms with Crippen molar-refractivity contribution in [1.29, 1.82) is 0 Å². The van der Waals surface area contributed by atoms with Crippen LogP contribution in [0.2, 0.25) is 0 Å². The predicted octanol–water partition coefficient (Wildman–Crippen LogP) is 4.21. The van der Waals surface area contributed by atoms with E-state index >= 15 is 0 Å². The van der Waals surface area contributed by atoms with Crippen LogP contribution < -0.4 is 14.8 Å². The van der Waals surface area contributed by atoms with Gasteiger partial charge in [0.15, 0.2) is 5.82 Å². The van der Waals surface area contributed by atoms with Crippen molar-refractivity contribution in [2.24, 2.45) is 0 Å². The number of carbonyl (C=O) groups excluding carboxylic acids is 1. The number of ether oxygens (including phenoxy) is 2. The Morgan fingerprint density at radius 1 is 1.07 bits per heavy atom. The summed E-state index contributed by atoms with van der Waals surface area (Å²) < 4.78 is 16.0. The number of hydrogen-bond donors (Lipinski definition) is 2. The molecular weight excluding hydrogens is 370 g/mol. The van der Waals surface area contributed by atoms with E-state index in [1.54, 1.807) is 14.2 Å². The molecule has 4 aromatic rings. The van der Waals surface area contributed by atoms with Gasteiger partial charge in [-0.15, -0.1) is 0 Å². The maximum Gasteiger partial charge on any atom is 0.260 e. The Hall–Kier alpha value is -3.74. The lowest BCUT2D eigenvalue weighted by Gasteiger charge is -2.08. The molecule has 0 fully saturated rings. The highest BCUT2D eigenvalue weighted by Crippen LogP contribution is 2.24. The number of methoxy groups -OCH3 is 2. The molecule has 7 nitrogen and oxygen atoms in total. The lowest BCUT2D eigenvalue weighted by Crippen LogP contribution is -2.11. The molecule has 0 aliphatic carbocycles. The third-order valence-corrected chi connectivity index (χ3v) is 4.69. The molecule has 29 heavy (non-hydrogen) atoms. The van der Waals surface area contributed by atoms with E-state index in [0.29, 0.717) is 17.0 Å². The molecule has 2 aromatic carbocycles. The molecule has 1 amide bonds. The first-order chi connectivity index (χ1) is 14.2. The Morgan fingerprint density at radius 2 is 1.83 bits per heavy atom. The van der Waals surface area contributed by atoms with Crippen molar-refractivity contribution in [2.45, 2.75) is 12.8 Å². The third kappa shape index (κ3) is 4.08. The molecule has 0 saturated carbocycles. The molecule has 0 atom stereocenters. The Morgan fingerprint density at radius 3 is 2.59 bits per heavy atom. The maximum absolute atomic E-state index is 12.6. The molecule has 2 heterocycles. The smallest absolute Gasteiger partial charge is 0.260 e. The van der Waals surface area contributed by atoms with E-state index in [2.05, 4.69) is 15.5 Å². The molecule has 2 aromatic heterocycles. The number of para-hydroxylation sites is 1. The number of hydrogen-bond acceptors (Lipinski definition) is 5. The lowest BCUT2D eigenvalue weighted by molar-refractivity contribution is 0.102. The summed E-state index contributed by atoms with van der Waals surface area (Å²) in [5, 5.41) is 10.7. The maximum atomic E-state index is 12.6. The second-order valence-corrected chi connectivity index (χ2v) is 6.60. The summed E-state index contributed by atoms with van der Waals surface area (Å²) in [6, 6.07) is 15.0. The molecule has 7 heteroatoms. The summed E-state index contributed by atoms with van der Waals surface area (Å²) in [5.41, 5.74) is 3.16. The van der Waals surface area contributed by atoms with Crippen molar-refractivity contribution >= 4 is 22.7 Å². The van der Waals surface area contributed by atoms with Gasteiger partial charge in [0.05, 0.1) is 19.8 Å². The van der Waals surface area contributed by atoms with Crippen LogP contribution in [0.15, 0.2) is 59.2 Å². The molecule has 0 aliphatic heterocycles. The Balaban J connectivity index is 1.42. The highest BCUT2D eigenvalue weighted by molar-refractivity contribution is 6.11. The number of furan rings is 1. The number of anilines is 1. The third-order valence-electron chi connectivity index (χ3n) is 4.69. The van der Waals surface area contributed by atoms with Crippen LogP contribution in [0.3, 0.4) is 0 Å². The molecule has 148 valence electrons. The molecule has 0 saturated heterocycles. The zero-order valence-electron chi connectivity index (χ0n) is 16.2. The molecule has 0 spiro atoms. The quantitative estimate of drug-likeness (QED) is 0.493. The fraction of sp³-hybridized carbons (Fsp3) is 0.182. The van der Waals surface area contributed by atoms with Crippen LogP contribution in [-0.4, -0.2) is 30.3 Å². The minimum absolute atomic E-state index is 0.259. The highest BCUT2D eigenvalue weighted by atomic mass is 16.5. The summed E-state index contributed by atoms with van der Waals surface area (Å²) in [5.74, 6) is 1.72. The van der Waals surface area contributed by atoms with Gasteiger partial charge in [-0.3, -0.25) is 9.89 Å². The number of aryl methyl sites for hydroxylation is 2. The molecular formula is C22H21N3O4. The van der Waals surface area contributed by atoms with Crippen LogP contribution in [0.5, 0.6) is 11.5 Å². The van der Waals surface area contributed by atoms with E-state index in [-0.39, 0.29) is 5.91 Å². The number of nitrogens with one attached hydrogen (secondary N) is 2. The second kappa shape index (κ2) is 8.10. The minimum atomic E-state index is -0.259. The van der Waals surface area contributed by atoms with Crippen LogP contribution in [0.25, 0.3) is 11.0 Å². The lowest BCUT2D eigenvalue weighted by atomic mass is 10.1. The summed E-state index contributed by atoms with van der Waals surface area (Å²) in [7, 11) is 3.26. The fourth-order valence-corrected chi connectivity index (χ4v) is 3.18. The average molecular weight is 391 g/mol. The van der Waals surface area contributed by atoms with Crippen molar-refractivity contribution in [3.05, 3.63) is 71.6 Å². The number of aromatic nitrogens is 2. The zero-order valence-corrected chi connectivity index (χ0v) is 16.2. The van der Waals surface area contributed by atoms with Gasteiger partial charge in [0.2, 0.25) is 0 Å². The minimum Gasteiger partial charge on any atom is -0.497 e. The number of benzene rings is 2. The highest BCUT2D eigenvalue weighted by Gasteiger charge is 2.15. The van der Waals surface area contributed by atoms with E-state index in [9.17, 15) is 4.79 Å². The summed E-state index contributed by atoms with van der Waals surface area (Å²) in [4.78, 5) is 12.6. The average Bonchev–Trinajstić information content (AvgIpc) is 3.38. The van der Waals surface area contributed by atoms with Crippen LogP contribution in [0.4, 0.5) is 5.82 Å². The topological polar surface area (TPSA) is 89.4 Å². The fourth-order valence-electron chi connectivity index (χ4n) is 3.18. The van der Waals surface area contributed by atoms with Crippen LogP contribution in [0, 0.1) is 0 Å². The van der Waals surface area contributed by atoms with Crippen molar-refractivity contribution in [3.63, 3.8) is 0 Å². The number of amides is 1. The number of H-pyrrole nitrogens is 1. The molecule has 0 radical (unpaired) electrons. The summed E-state index contributed by atoms with van der Waals surface area (Å²) in [6.45, 7) is 0. The predicted molar refractivity (Wildman–Crippen MR) is 110 cm³/mol. The van der Waals surface area contributed by atoms with Gasteiger partial charge in [0.1, 0.15) is 23.3 Å². The Labute approximate surface area is 167 Å². The monoisotopic (exact) mass is 391 g/mol. The normalized spacial score (nSPS) is 10.8. The van der Waals surface area contributed by atoms with E-state index in [1.165, 1.54) is 6.26 Å². The molecule has 4 rings (SSSR count). The van der Waals surface area contributed by atoms with Crippen molar-refractivity contribution in [3.8, 4) is 11.5 Å². The van der Waals surface area contributed by atoms with Gasteiger partial charge in [-0.05, 0) is 36.6 Å². The Bertz CT molecular complexity index is 1120. The van der Waals surface area contributed by atoms with Crippen molar-refractivity contribution in [1.82, 2.24) is 10.2 Å². The van der Waals surface area contributed by atoms with E-state index < -0.39 is 0 Å². The first kappa shape index (κ1) is 18.6. The zero-order chi connectivity index (χ0) is 20.2. The number of aromatic amines is 1. The van der Waals surface area contributed by atoms with Gasteiger partial charge in [-0.25, -0.2) is 0 Å². The number of rotatable bonds is 7. The van der Waals surface area contributed by atoms with Gasteiger partial charge in [0, 0.05) is 23.2 Å². The van der Waals surface area contributed by atoms with Crippen molar-refractivity contribution < 1.29 is 18.7 Å². The van der Waals surface area contributed by atoms with E-state index in [0.717, 1.165) is 41.0 Å². The summed E-state index contributed by atoms with van der Waals surface area (Å²) >= 11 is 0. The van der Waals surface area contributed by atoms with E-state index in [1.807, 2.05) is 48.5 Å². The van der Waals surface area contributed by atoms with E-state index in [4.69, 9.17) is 13.9 Å². The van der Waals surface area contributed by atoms with Gasteiger partial charge in [-0.1, -0.05) is 18.2 Å². The van der Waals surface area contributed by atoms with Crippen molar-refractivity contribution in [2.75, 3.05) is 19.5 Å². The Kier molecular flexibility index (Phi) is 5.20. The largest absolute Gasteiger partial charge is 0.497 e. The standard InChI is InChI=1S/C22H21N3O4/c1-27-16-9-14(10-17(12-16)28-2)7-8-15-11-21(25-24-15)23-22(26)19-13-29-20-6-4-3-5-18(19)20/h3-6,9-13H,7-8H2,1-2H3,(H2,23,24,25,26). The van der Waals surface area contributed by atoms with Crippen LogP contribution in [0.1, 0.15) is 21.6 Å². The number of fused-ring (bicyclic) bond motifs is 1. The first-order valence-corrected chi connectivity index (χ1v) is 9.20. The van der Waals surface area contributed by atoms with Gasteiger partial charge in [-0.2, -0.15) is 5.10 Å². The number of nitrogens with zero attached hydrogens (tertiary/aromatic N) is 1. The van der Waals surface area contributed by atoms with Crippen LogP contribution in [-0.2, 0) is 12.8 Å². The van der Waals surface area contributed by atoms with Crippen LogP contribution >= 0.6 is 0 Å². The van der Waals surface area contributed by atoms with Gasteiger partial charge < -0.3 is 19.2 Å². The number of carbonyl (C=O) groups is 1. The first-order valence-electron chi connectivity index (χ1n) is 9.20. The van der Waals surface area contributed by atoms with Gasteiger partial charge >= 0.3 is 0 Å². The molecule has 0 aliphatic rings. The summed E-state index contributed by atoms with van der Waals surface area (Å²) in [6.07, 6.45) is 2.97. The molecule has 0 unspecified atom stereocenters. The second-order valence-electron chi connectivity index (χ2n) is 6.60.